The largest absolute Gasteiger partial charge is 0.334 e. The topological polar surface area (TPSA) is 73.0 Å². The van der Waals surface area contributed by atoms with E-state index in [-0.39, 0.29) is 17.1 Å². The van der Waals surface area contributed by atoms with Crippen molar-refractivity contribution in [1.82, 2.24) is 23.6 Å². The summed E-state index contributed by atoms with van der Waals surface area (Å²) >= 11 is 0. The third-order valence-corrected chi connectivity index (χ3v) is 5.22. The molecule has 0 radical (unpaired) electrons. The van der Waals surface area contributed by atoms with Crippen molar-refractivity contribution in [1.29, 1.82) is 0 Å². The first-order valence-corrected chi connectivity index (χ1v) is 7.95. The maximum Gasteiger partial charge on any atom is 0.262 e. The number of sulfonamides is 1. The van der Waals surface area contributed by atoms with Crippen LogP contribution in [0.5, 0.6) is 0 Å². The molecular weight excluding hydrogens is 278 g/mol. The van der Waals surface area contributed by atoms with Crippen LogP contribution in [0.25, 0.3) is 0 Å². The fourth-order valence-corrected chi connectivity index (χ4v) is 3.58. The minimum Gasteiger partial charge on any atom is -0.334 e. The molecule has 0 aliphatic carbocycles. The molecule has 0 spiro atoms. The molecule has 1 aliphatic rings. The average Bonchev–Trinajstić information content (AvgIpc) is 2.97. The van der Waals surface area contributed by atoms with Crippen LogP contribution in [0.2, 0.25) is 0 Å². The highest BCUT2D eigenvalue weighted by Gasteiger charge is 2.39. The predicted molar refractivity (Wildman–Crippen MR) is 72.6 cm³/mol. The van der Waals surface area contributed by atoms with Crippen molar-refractivity contribution in [2.24, 2.45) is 0 Å². The van der Waals surface area contributed by atoms with E-state index >= 15 is 0 Å². The zero-order valence-corrected chi connectivity index (χ0v) is 12.2. The van der Waals surface area contributed by atoms with Crippen LogP contribution in [0, 0.1) is 0 Å². The van der Waals surface area contributed by atoms with Crippen molar-refractivity contribution in [2.45, 2.75) is 31.0 Å². The second-order valence-corrected chi connectivity index (χ2v) is 7.10. The molecule has 8 heteroatoms. The number of nitrogens with zero attached hydrogens (tertiary/aromatic N) is 5. The molecule has 2 aromatic rings. The van der Waals surface area contributed by atoms with Crippen LogP contribution < -0.4 is 0 Å². The number of imidazole rings is 1. The van der Waals surface area contributed by atoms with Gasteiger partial charge in [-0.25, -0.2) is 13.4 Å². The Morgan fingerprint density at radius 2 is 2.10 bits per heavy atom. The second kappa shape index (κ2) is 4.71. The van der Waals surface area contributed by atoms with E-state index in [0.717, 1.165) is 0 Å². The Bertz CT molecular complexity index is 683. The zero-order valence-electron chi connectivity index (χ0n) is 11.4. The van der Waals surface area contributed by atoms with E-state index in [2.05, 4.69) is 10.1 Å². The van der Waals surface area contributed by atoms with Crippen molar-refractivity contribution < 1.29 is 8.42 Å². The van der Waals surface area contributed by atoms with E-state index in [1.165, 1.54) is 4.31 Å². The van der Waals surface area contributed by atoms with Crippen molar-refractivity contribution in [2.75, 3.05) is 13.1 Å². The van der Waals surface area contributed by atoms with Crippen LogP contribution in [0.1, 0.15) is 25.9 Å². The van der Waals surface area contributed by atoms with E-state index in [1.54, 1.807) is 28.0 Å². The summed E-state index contributed by atoms with van der Waals surface area (Å²) in [6.07, 6.45) is 6.69. The molecule has 7 nitrogen and oxygen atoms in total. The summed E-state index contributed by atoms with van der Waals surface area (Å²) in [6, 6.07) is 2.15. The zero-order chi connectivity index (χ0) is 14.3. The predicted octanol–water partition coefficient (Wildman–Crippen LogP) is 0.906. The van der Waals surface area contributed by atoms with Crippen molar-refractivity contribution in [3.05, 3.63) is 31.0 Å². The first-order chi connectivity index (χ1) is 9.48. The molecule has 0 bridgehead atoms. The van der Waals surface area contributed by atoms with Gasteiger partial charge in [-0.05, 0) is 19.9 Å². The third-order valence-electron chi connectivity index (χ3n) is 3.51. The Hall–Kier alpha value is -1.67. The molecule has 1 aliphatic heterocycles. The highest BCUT2D eigenvalue weighted by Crippen LogP contribution is 2.27. The van der Waals surface area contributed by atoms with Gasteiger partial charge >= 0.3 is 0 Å². The van der Waals surface area contributed by atoms with Crippen molar-refractivity contribution in [3.8, 4) is 0 Å². The highest BCUT2D eigenvalue weighted by atomic mass is 32.2. The van der Waals surface area contributed by atoms with E-state index in [0.29, 0.717) is 13.1 Å². The Morgan fingerprint density at radius 1 is 1.35 bits per heavy atom. The number of hydrogen-bond acceptors (Lipinski definition) is 4. The molecule has 0 amide bonds. The first kappa shape index (κ1) is 13.3. The monoisotopic (exact) mass is 295 g/mol. The maximum absolute atomic E-state index is 12.4. The van der Waals surface area contributed by atoms with Gasteiger partial charge in [0.15, 0.2) is 5.03 Å². The van der Waals surface area contributed by atoms with Gasteiger partial charge in [-0.2, -0.15) is 9.40 Å². The molecule has 108 valence electrons. The fourth-order valence-electron chi connectivity index (χ4n) is 2.14. The van der Waals surface area contributed by atoms with Gasteiger partial charge in [0.25, 0.3) is 10.0 Å². The standard InChI is InChI=1S/C12H17N5O2S/c1-10(2)15-8-12(13-9-15)20(18,19)16-6-11(7-16)17-5-3-4-14-17/h3-5,8-11H,6-7H2,1-2H3. The van der Waals surface area contributed by atoms with E-state index in [9.17, 15) is 8.42 Å². The SMILES string of the molecule is CC(C)n1cnc(S(=O)(=O)N2CC(n3cccn3)C2)c1. The quantitative estimate of drug-likeness (QED) is 0.840. The van der Waals surface area contributed by atoms with Gasteiger partial charge < -0.3 is 4.57 Å². The normalized spacial score (nSPS) is 17.6. The maximum atomic E-state index is 12.4. The van der Waals surface area contributed by atoms with Gasteiger partial charge in [0, 0.05) is 37.7 Å². The second-order valence-electron chi connectivity index (χ2n) is 5.21. The number of rotatable bonds is 4. The number of aromatic nitrogens is 4. The minimum atomic E-state index is -3.48. The molecule has 0 N–H and O–H groups in total. The first-order valence-electron chi connectivity index (χ1n) is 6.51. The van der Waals surface area contributed by atoms with Gasteiger partial charge in [-0.15, -0.1) is 0 Å². The van der Waals surface area contributed by atoms with Crippen LogP contribution >= 0.6 is 0 Å². The molecule has 0 unspecified atom stereocenters. The van der Waals surface area contributed by atoms with Gasteiger partial charge in [0.05, 0.1) is 12.4 Å². The average molecular weight is 295 g/mol. The summed E-state index contributed by atoms with van der Waals surface area (Å²) in [6.45, 7) is 4.85. The van der Waals surface area contributed by atoms with Gasteiger partial charge in [0.2, 0.25) is 0 Å². The summed E-state index contributed by atoms with van der Waals surface area (Å²) in [5.41, 5.74) is 0. The lowest BCUT2D eigenvalue weighted by molar-refractivity contribution is 0.191. The summed E-state index contributed by atoms with van der Waals surface area (Å²) in [5, 5.41) is 4.25. The van der Waals surface area contributed by atoms with E-state index < -0.39 is 10.0 Å². The van der Waals surface area contributed by atoms with E-state index in [4.69, 9.17) is 0 Å². The Balaban J connectivity index is 1.74. The van der Waals surface area contributed by atoms with Crippen LogP contribution in [-0.2, 0) is 10.0 Å². The molecule has 3 heterocycles. The molecule has 3 rings (SSSR count). The summed E-state index contributed by atoms with van der Waals surface area (Å²) in [4.78, 5) is 4.01. The summed E-state index contributed by atoms with van der Waals surface area (Å²) < 4.78 is 29.8. The van der Waals surface area contributed by atoms with Crippen LogP contribution in [-0.4, -0.2) is 45.1 Å². The molecule has 1 saturated heterocycles. The smallest absolute Gasteiger partial charge is 0.262 e. The van der Waals surface area contributed by atoms with Crippen molar-refractivity contribution >= 4 is 10.0 Å². The molecule has 1 fully saturated rings. The van der Waals surface area contributed by atoms with Crippen molar-refractivity contribution in [3.63, 3.8) is 0 Å². The lowest BCUT2D eigenvalue weighted by Crippen LogP contribution is -2.50. The molecule has 0 atom stereocenters. The lowest BCUT2D eigenvalue weighted by Gasteiger charge is -2.37. The molecule has 20 heavy (non-hydrogen) atoms. The molecule has 2 aromatic heterocycles. The van der Waals surface area contributed by atoms with Gasteiger partial charge in [-0.3, -0.25) is 4.68 Å². The van der Waals surface area contributed by atoms with Crippen LogP contribution in [0.15, 0.2) is 36.0 Å². The Kier molecular flexibility index (Phi) is 3.14. The van der Waals surface area contributed by atoms with Gasteiger partial charge in [0.1, 0.15) is 0 Å². The van der Waals surface area contributed by atoms with Crippen LogP contribution in [0.3, 0.4) is 0 Å². The fraction of sp³-hybridized carbons (Fsp3) is 0.500. The molecule has 0 aromatic carbocycles. The van der Waals surface area contributed by atoms with Gasteiger partial charge in [-0.1, -0.05) is 0 Å². The molecule has 0 saturated carbocycles. The minimum absolute atomic E-state index is 0.116. The third kappa shape index (κ3) is 2.14. The van der Waals surface area contributed by atoms with Crippen LogP contribution in [0.4, 0.5) is 0 Å². The Morgan fingerprint density at radius 3 is 2.65 bits per heavy atom. The molecular formula is C12H17N5O2S. The lowest BCUT2D eigenvalue weighted by atomic mass is 10.2. The number of hydrogen-bond donors (Lipinski definition) is 0. The highest BCUT2D eigenvalue weighted by molar-refractivity contribution is 7.89. The van der Waals surface area contributed by atoms with E-state index in [1.807, 2.05) is 26.1 Å². The summed E-state index contributed by atoms with van der Waals surface area (Å²) in [5.74, 6) is 0. The summed E-state index contributed by atoms with van der Waals surface area (Å²) in [7, 11) is -3.48. The Labute approximate surface area is 117 Å².